The van der Waals surface area contributed by atoms with Crippen LogP contribution in [0, 0.1) is 0 Å². The summed E-state index contributed by atoms with van der Waals surface area (Å²) in [5.41, 5.74) is 3.18. The molecule has 8 nitrogen and oxygen atoms in total. The molecule has 2 atom stereocenters. The van der Waals surface area contributed by atoms with Crippen molar-refractivity contribution < 1.29 is 24.2 Å². The molecule has 1 N–H and O–H groups in total. The van der Waals surface area contributed by atoms with Gasteiger partial charge in [0.15, 0.2) is 11.5 Å². The van der Waals surface area contributed by atoms with Crippen LogP contribution in [-0.2, 0) is 4.79 Å². The van der Waals surface area contributed by atoms with Gasteiger partial charge < -0.3 is 24.4 Å². The molecule has 3 aliphatic heterocycles. The molecular weight excluding hydrogens is 530 g/mol. The summed E-state index contributed by atoms with van der Waals surface area (Å²) < 4.78 is 11.6. The van der Waals surface area contributed by atoms with Gasteiger partial charge in [-0.3, -0.25) is 14.6 Å². The number of piperidine rings is 1. The molecule has 42 heavy (non-hydrogen) atoms. The van der Waals surface area contributed by atoms with Crippen LogP contribution in [0.3, 0.4) is 0 Å². The summed E-state index contributed by atoms with van der Waals surface area (Å²) >= 11 is 0. The van der Waals surface area contributed by atoms with Crippen LogP contribution in [0.15, 0.2) is 47.5 Å². The fourth-order valence-electron chi connectivity index (χ4n) is 6.65. The van der Waals surface area contributed by atoms with Crippen molar-refractivity contribution in [2.24, 2.45) is 4.99 Å². The topological polar surface area (TPSA) is 91.7 Å². The molecule has 2 amide bonds. The van der Waals surface area contributed by atoms with E-state index in [-0.39, 0.29) is 29.5 Å². The van der Waals surface area contributed by atoms with Gasteiger partial charge in [0.2, 0.25) is 5.91 Å². The van der Waals surface area contributed by atoms with Crippen LogP contribution < -0.4 is 14.4 Å². The zero-order chi connectivity index (χ0) is 29.2. The molecule has 8 heteroatoms. The lowest BCUT2D eigenvalue weighted by Crippen LogP contribution is -2.43. The normalized spacial score (nSPS) is 19.3. The highest BCUT2D eigenvalue weighted by atomic mass is 16.5. The van der Waals surface area contributed by atoms with Gasteiger partial charge in [0.05, 0.1) is 36.7 Å². The monoisotopic (exact) mass is 569 g/mol. The van der Waals surface area contributed by atoms with Crippen LogP contribution in [-0.4, -0.2) is 60.9 Å². The third kappa shape index (κ3) is 5.19. The molecule has 0 bridgehead atoms. The van der Waals surface area contributed by atoms with Gasteiger partial charge in [0, 0.05) is 49.2 Å². The summed E-state index contributed by atoms with van der Waals surface area (Å²) in [6.07, 6.45) is 8.70. The third-order valence-electron chi connectivity index (χ3n) is 8.94. The predicted octanol–water partition coefficient (Wildman–Crippen LogP) is 6.74. The maximum atomic E-state index is 13.3. The molecular formula is C34H39N3O5. The molecule has 1 fully saturated rings. The summed E-state index contributed by atoms with van der Waals surface area (Å²) in [5, 5.41) is 12.5. The van der Waals surface area contributed by atoms with Crippen molar-refractivity contribution >= 4 is 40.2 Å². The van der Waals surface area contributed by atoms with Crippen molar-refractivity contribution in [1.29, 1.82) is 0 Å². The first-order chi connectivity index (χ1) is 20.5. The number of nitrogens with zero attached hydrogens (tertiary/aromatic N) is 3. The van der Waals surface area contributed by atoms with Crippen molar-refractivity contribution in [2.45, 2.75) is 70.3 Å². The molecule has 3 aromatic rings. The molecule has 0 unspecified atom stereocenters. The SMILES string of the molecule is CC[C@@H]1CN(C(=O)CCCCCOc2cc3c(cc2OC)C(=O)N2CCCC[C@H]2C=N3)c2cc(O)c3ccccc3c21. The molecule has 220 valence electrons. The molecule has 0 saturated carbocycles. The van der Waals surface area contributed by atoms with Gasteiger partial charge in [-0.25, -0.2) is 0 Å². The quantitative estimate of drug-likeness (QED) is 0.288. The van der Waals surface area contributed by atoms with Crippen molar-refractivity contribution in [3.63, 3.8) is 0 Å². The van der Waals surface area contributed by atoms with E-state index >= 15 is 0 Å². The van der Waals surface area contributed by atoms with Gasteiger partial charge in [-0.15, -0.1) is 0 Å². The van der Waals surface area contributed by atoms with Crippen molar-refractivity contribution in [2.75, 3.05) is 31.7 Å². The van der Waals surface area contributed by atoms with E-state index in [0.29, 0.717) is 42.3 Å². The number of aliphatic imine (C=N–C) groups is 1. The Morgan fingerprint density at radius 2 is 1.90 bits per heavy atom. The Morgan fingerprint density at radius 3 is 2.71 bits per heavy atom. The Labute approximate surface area is 246 Å². The molecule has 3 aromatic carbocycles. The molecule has 0 aromatic heterocycles. The average Bonchev–Trinajstić information content (AvgIpc) is 3.33. The predicted molar refractivity (Wildman–Crippen MR) is 165 cm³/mol. The molecule has 6 rings (SSSR count). The Balaban J connectivity index is 1.05. The minimum Gasteiger partial charge on any atom is -0.507 e. The molecule has 3 heterocycles. The smallest absolute Gasteiger partial charge is 0.256 e. The number of rotatable bonds is 9. The number of unbranched alkanes of at least 4 members (excludes halogenated alkanes) is 2. The number of anilines is 1. The summed E-state index contributed by atoms with van der Waals surface area (Å²) in [7, 11) is 1.58. The summed E-state index contributed by atoms with van der Waals surface area (Å²) in [6.45, 7) is 4.03. The maximum absolute atomic E-state index is 13.3. The first-order valence-electron chi connectivity index (χ1n) is 15.2. The highest BCUT2D eigenvalue weighted by molar-refractivity contribution is 6.04. The summed E-state index contributed by atoms with van der Waals surface area (Å²) in [6, 6.07) is 13.2. The van der Waals surface area contributed by atoms with Crippen LogP contribution in [0.4, 0.5) is 11.4 Å². The number of ether oxygens (including phenoxy) is 2. The Hall–Kier alpha value is -4.07. The Bertz CT molecular complexity index is 1530. The standard InChI is InChI=1S/C34H39N3O5/c1-3-22-21-37(28-19-29(38)24-12-6-7-13-25(24)33(22)28)32(39)14-5-4-10-16-42-31-18-27-26(17-30(31)41-2)34(40)36-15-9-8-11-23(36)20-35-27/h6-7,12-13,17-20,22-23,38H,3-5,8-11,14-16,21H2,1-2H3/t22-,23+/m1/s1. The van der Waals surface area contributed by atoms with E-state index in [9.17, 15) is 14.7 Å². The molecule has 0 aliphatic carbocycles. The number of carbonyl (C=O) groups excluding carboxylic acids is 2. The Morgan fingerprint density at radius 1 is 1.07 bits per heavy atom. The molecule has 0 spiro atoms. The van der Waals surface area contributed by atoms with Crippen molar-refractivity contribution in [3.8, 4) is 17.2 Å². The second-order valence-corrected chi connectivity index (χ2v) is 11.5. The van der Waals surface area contributed by atoms with Crippen molar-refractivity contribution in [1.82, 2.24) is 4.90 Å². The van der Waals surface area contributed by atoms with Gasteiger partial charge in [-0.1, -0.05) is 31.2 Å². The highest BCUT2D eigenvalue weighted by Crippen LogP contribution is 2.46. The first kappa shape index (κ1) is 28.1. The first-order valence-corrected chi connectivity index (χ1v) is 15.2. The largest absolute Gasteiger partial charge is 0.507 e. The van der Waals surface area contributed by atoms with Crippen LogP contribution in [0.1, 0.15) is 80.1 Å². The van der Waals surface area contributed by atoms with Crippen LogP contribution in [0.5, 0.6) is 17.2 Å². The fraction of sp³-hybridized carbons (Fsp3) is 0.441. The second kappa shape index (κ2) is 12.0. The van der Waals surface area contributed by atoms with E-state index in [1.54, 1.807) is 25.3 Å². The van der Waals surface area contributed by atoms with Crippen molar-refractivity contribution in [3.05, 3.63) is 53.6 Å². The second-order valence-electron chi connectivity index (χ2n) is 11.5. The zero-order valence-corrected chi connectivity index (χ0v) is 24.5. The number of methoxy groups -OCH3 is 1. The molecule has 1 saturated heterocycles. The van der Waals surface area contributed by atoms with Gasteiger partial charge in [-0.2, -0.15) is 0 Å². The lowest BCUT2D eigenvalue weighted by Gasteiger charge is -2.32. The number of fused-ring (bicyclic) bond motifs is 5. The van der Waals surface area contributed by atoms with Crippen LogP contribution in [0.2, 0.25) is 0 Å². The number of benzene rings is 3. The fourth-order valence-corrected chi connectivity index (χ4v) is 6.65. The lowest BCUT2D eigenvalue weighted by molar-refractivity contribution is -0.118. The lowest BCUT2D eigenvalue weighted by atomic mass is 9.93. The maximum Gasteiger partial charge on any atom is 0.256 e. The Kier molecular flexibility index (Phi) is 8.05. The van der Waals surface area contributed by atoms with Gasteiger partial charge in [0.25, 0.3) is 5.91 Å². The number of hydrogen-bond donors (Lipinski definition) is 1. The average molecular weight is 570 g/mol. The summed E-state index contributed by atoms with van der Waals surface area (Å²) in [4.78, 5) is 34.9. The van der Waals surface area contributed by atoms with E-state index in [2.05, 4.69) is 11.9 Å². The number of carbonyl (C=O) groups is 2. The minimum absolute atomic E-state index is 0.00370. The molecule has 0 radical (unpaired) electrons. The van der Waals surface area contributed by atoms with Gasteiger partial charge >= 0.3 is 0 Å². The number of amides is 2. The summed E-state index contributed by atoms with van der Waals surface area (Å²) in [5.74, 6) is 1.67. The third-order valence-corrected chi connectivity index (χ3v) is 8.94. The minimum atomic E-state index is -0.00370. The van der Waals surface area contributed by atoms with E-state index in [4.69, 9.17) is 9.47 Å². The molecule has 3 aliphatic rings. The van der Waals surface area contributed by atoms with Gasteiger partial charge in [-0.05, 0) is 62.0 Å². The number of phenolic OH excluding ortho intramolecular Hbond substituents is 1. The van der Waals surface area contributed by atoms with Gasteiger partial charge in [0.1, 0.15) is 5.75 Å². The number of aromatic hydroxyl groups is 1. The van der Waals surface area contributed by atoms with E-state index in [1.165, 1.54) is 5.56 Å². The number of hydrogen-bond acceptors (Lipinski definition) is 6. The van der Waals surface area contributed by atoms with Crippen LogP contribution in [0.25, 0.3) is 10.8 Å². The highest BCUT2D eigenvalue weighted by Gasteiger charge is 2.34. The van der Waals surface area contributed by atoms with Crippen LogP contribution >= 0.6 is 0 Å². The number of phenols is 1. The van der Waals surface area contributed by atoms with E-state index < -0.39 is 0 Å². The zero-order valence-electron chi connectivity index (χ0n) is 24.5. The van der Waals surface area contributed by atoms with E-state index in [0.717, 1.165) is 68.0 Å². The van der Waals surface area contributed by atoms with E-state index in [1.807, 2.05) is 40.3 Å².